The van der Waals surface area contributed by atoms with E-state index in [2.05, 4.69) is 15.2 Å². The van der Waals surface area contributed by atoms with E-state index in [1.807, 2.05) is 4.90 Å². The minimum absolute atomic E-state index is 0.00268. The molecule has 2 saturated heterocycles. The van der Waals surface area contributed by atoms with E-state index in [4.69, 9.17) is 0 Å². The number of nitrogens with zero attached hydrogens (tertiary/aromatic N) is 3. The summed E-state index contributed by atoms with van der Waals surface area (Å²) in [7, 11) is 1.79. The van der Waals surface area contributed by atoms with Crippen molar-refractivity contribution >= 4 is 17.6 Å². The van der Waals surface area contributed by atoms with E-state index >= 15 is 0 Å². The number of piperidine rings is 1. The molecule has 134 valence electrons. The van der Waals surface area contributed by atoms with E-state index < -0.39 is 0 Å². The third-order valence-electron chi connectivity index (χ3n) is 5.90. The molecule has 1 saturated carbocycles. The van der Waals surface area contributed by atoms with Crippen molar-refractivity contribution in [2.45, 2.75) is 32.1 Å². The van der Waals surface area contributed by atoms with E-state index in [-0.39, 0.29) is 17.2 Å². The molecule has 2 aliphatic heterocycles. The molecule has 25 heavy (non-hydrogen) atoms. The first kappa shape index (κ1) is 16.4. The molecule has 1 aromatic rings. The lowest BCUT2D eigenvalue weighted by molar-refractivity contribution is -0.145. The van der Waals surface area contributed by atoms with Gasteiger partial charge in [-0.1, -0.05) is 0 Å². The fourth-order valence-corrected chi connectivity index (χ4v) is 4.25. The minimum atomic E-state index is -0.346. The van der Waals surface area contributed by atoms with Crippen LogP contribution in [0.1, 0.15) is 42.5 Å². The SMILES string of the molecule is CNc1cc(C(=O)N2CC[C@@]3(CCCN(CC4CC4)C3=O)C2)ccn1. The second-order valence-corrected chi connectivity index (χ2v) is 7.73. The highest BCUT2D eigenvalue weighted by Gasteiger charge is 2.50. The number of likely N-dealkylation sites (tertiary alicyclic amines) is 2. The molecule has 3 aliphatic rings. The van der Waals surface area contributed by atoms with Crippen LogP contribution in [0, 0.1) is 11.3 Å². The number of hydrogen-bond donors (Lipinski definition) is 1. The van der Waals surface area contributed by atoms with Crippen molar-refractivity contribution in [3.05, 3.63) is 23.9 Å². The van der Waals surface area contributed by atoms with E-state index in [1.165, 1.54) is 12.8 Å². The summed E-state index contributed by atoms with van der Waals surface area (Å²) in [5, 5.41) is 2.96. The first-order valence-electron chi connectivity index (χ1n) is 9.34. The molecule has 0 aromatic carbocycles. The summed E-state index contributed by atoms with van der Waals surface area (Å²) in [4.78, 5) is 34.0. The molecule has 3 fully saturated rings. The van der Waals surface area contributed by atoms with Gasteiger partial charge >= 0.3 is 0 Å². The Hall–Kier alpha value is -2.11. The van der Waals surface area contributed by atoms with Crippen LogP contribution in [0.15, 0.2) is 18.3 Å². The third kappa shape index (κ3) is 3.10. The zero-order valence-electron chi connectivity index (χ0n) is 14.8. The predicted octanol–water partition coefficient (Wildman–Crippen LogP) is 1.99. The molecule has 0 unspecified atom stereocenters. The Morgan fingerprint density at radius 2 is 2.20 bits per heavy atom. The lowest BCUT2D eigenvalue weighted by atomic mass is 9.78. The first-order valence-corrected chi connectivity index (χ1v) is 9.34. The molecule has 2 amide bonds. The largest absolute Gasteiger partial charge is 0.373 e. The van der Waals surface area contributed by atoms with E-state index in [1.54, 1.807) is 25.4 Å². The monoisotopic (exact) mass is 342 g/mol. The van der Waals surface area contributed by atoms with Gasteiger partial charge in [-0.05, 0) is 50.2 Å². The van der Waals surface area contributed by atoms with Crippen molar-refractivity contribution in [2.24, 2.45) is 11.3 Å². The van der Waals surface area contributed by atoms with Gasteiger partial charge in [0.05, 0.1) is 5.41 Å². The molecule has 0 bridgehead atoms. The second-order valence-electron chi connectivity index (χ2n) is 7.73. The summed E-state index contributed by atoms with van der Waals surface area (Å²) in [5.74, 6) is 1.69. The lowest BCUT2D eigenvalue weighted by Gasteiger charge is -2.39. The quantitative estimate of drug-likeness (QED) is 0.909. The summed E-state index contributed by atoms with van der Waals surface area (Å²) >= 11 is 0. The number of hydrogen-bond acceptors (Lipinski definition) is 4. The molecule has 1 atom stereocenters. The average Bonchev–Trinajstić information content (AvgIpc) is 3.36. The fourth-order valence-electron chi connectivity index (χ4n) is 4.25. The minimum Gasteiger partial charge on any atom is -0.373 e. The van der Waals surface area contributed by atoms with Gasteiger partial charge in [-0.25, -0.2) is 4.98 Å². The molecule has 0 radical (unpaired) electrons. The predicted molar refractivity (Wildman–Crippen MR) is 95.3 cm³/mol. The number of amides is 2. The zero-order valence-corrected chi connectivity index (χ0v) is 14.8. The van der Waals surface area contributed by atoms with Gasteiger partial charge in [-0.2, -0.15) is 0 Å². The number of rotatable bonds is 4. The molecule has 6 heteroatoms. The van der Waals surface area contributed by atoms with Gasteiger partial charge in [0.1, 0.15) is 5.82 Å². The van der Waals surface area contributed by atoms with Crippen LogP contribution in [0.2, 0.25) is 0 Å². The van der Waals surface area contributed by atoms with Crippen LogP contribution in [0.25, 0.3) is 0 Å². The summed E-state index contributed by atoms with van der Waals surface area (Å²) < 4.78 is 0. The maximum Gasteiger partial charge on any atom is 0.254 e. The van der Waals surface area contributed by atoms with Crippen molar-refractivity contribution in [1.29, 1.82) is 0 Å². The van der Waals surface area contributed by atoms with E-state index in [0.717, 1.165) is 38.3 Å². The number of carbonyl (C=O) groups is 2. The summed E-state index contributed by atoms with van der Waals surface area (Å²) in [6, 6.07) is 3.52. The summed E-state index contributed by atoms with van der Waals surface area (Å²) in [6.07, 6.45) is 6.93. The van der Waals surface area contributed by atoms with Crippen LogP contribution in [0.4, 0.5) is 5.82 Å². The summed E-state index contributed by atoms with van der Waals surface area (Å²) in [6.45, 7) is 3.04. The van der Waals surface area contributed by atoms with Gasteiger partial charge in [0.2, 0.25) is 5.91 Å². The molecule has 1 aromatic heterocycles. The van der Waals surface area contributed by atoms with Gasteiger partial charge < -0.3 is 15.1 Å². The molecular formula is C19H26N4O2. The van der Waals surface area contributed by atoms with Gasteiger partial charge in [0.15, 0.2) is 0 Å². The smallest absolute Gasteiger partial charge is 0.254 e. The Bertz CT molecular complexity index is 688. The fraction of sp³-hybridized carbons (Fsp3) is 0.632. The maximum atomic E-state index is 13.1. The Balaban J connectivity index is 1.47. The number of nitrogens with one attached hydrogen (secondary N) is 1. The van der Waals surface area contributed by atoms with Crippen LogP contribution in [-0.4, -0.2) is 59.8 Å². The standard InChI is InChI=1S/C19H26N4O2/c1-20-16-11-15(5-8-21-16)17(24)23-10-7-19(13-23)6-2-9-22(18(19)25)12-14-3-4-14/h5,8,11,14H,2-4,6-7,9-10,12-13H2,1H3,(H,20,21)/t19-/m0/s1. The molecule has 4 rings (SSSR count). The molecular weight excluding hydrogens is 316 g/mol. The normalized spacial score (nSPS) is 26.4. The summed E-state index contributed by atoms with van der Waals surface area (Å²) in [5.41, 5.74) is 0.288. The van der Waals surface area contributed by atoms with Crippen molar-refractivity contribution in [1.82, 2.24) is 14.8 Å². The number of anilines is 1. The van der Waals surface area contributed by atoms with Crippen molar-refractivity contribution in [2.75, 3.05) is 38.5 Å². The first-order chi connectivity index (χ1) is 12.1. The topological polar surface area (TPSA) is 65.5 Å². The van der Waals surface area contributed by atoms with Gasteiger partial charge in [-0.3, -0.25) is 9.59 Å². The van der Waals surface area contributed by atoms with Crippen molar-refractivity contribution in [3.63, 3.8) is 0 Å². The number of pyridine rings is 1. The van der Waals surface area contributed by atoms with Gasteiger partial charge in [0, 0.05) is 45.0 Å². The average molecular weight is 342 g/mol. The Morgan fingerprint density at radius 1 is 1.36 bits per heavy atom. The molecule has 1 N–H and O–H groups in total. The Labute approximate surface area is 148 Å². The van der Waals surface area contributed by atoms with Crippen LogP contribution < -0.4 is 5.32 Å². The highest BCUT2D eigenvalue weighted by molar-refractivity contribution is 5.96. The van der Waals surface area contributed by atoms with E-state index in [9.17, 15) is 9.59 Å². The molecule has 1 spiro atoms. The third-order valence-corrected chi connectivity index (χ3v) is 5.90. The second kappa shape index (κ2) is 6.32. The lowest BCUT2D eigenvalue weighted by Crippen LogP contribution is -2.50. The Kier molecular flexibility index (Phi) is 4.13. The molecule has 6 nitrogen and oxygen atoms in total. The number of aromatic nitrogens is 1. The molecule has 1 aliphatic carbocycles. The highest BCUT2D eigenvalue weighted by atomic mass is 16.2. The van der Waals surface area contributed by atoms with Crippen LogP contribution in [0.3, 0.4) is 0 Å². The van der Waals surface area contributed by atoms with Crippen LogP contribution in [0.5, 0.6) is 0 Å². The van der Waals surface area contributed by atoms with E-state index in [0.29, 0.717) is 24.5 Å². The zero-order chi connectivity index (χ0) is 17.4. The highest BCUT2D eigenvalue weighted by Crippen LogP contribution is 2.42. The van der Waals surface area contributed by atoms with Gasteiger partial charge in [-0.15, -0.1) is 0 Å². The van der Waals surface area contributed by atoms with Crippen LogP contribution in [-0.2, 0) is 4.79 Å². The number of carbonyl (C=O) groups excluding carboxylic acids is 2. The van der Waals surface area contributed by atoms with Crippen molar-refractivity contribution in [3.8, 4) is 0 Å². The van der Waals surface area contributed by atoms with Crippen LogP contribution >= 0.6 is 0 Å². The van der Waals surface area contributed by atoms with Gasteiger partial charge in [0.25, 0.3) is 5.91 Å². The van der Waals surface area contributed by atoms with Crippen molar-refractivity contribution < 1.29 is 9.59 Å². The molecule has 3 heterocycles. The maximum absolute atomic E-state index is 13.1. The Morgan fingerprint density at radius 3 is 2.96 bits per heavy atom.